The molecule has 22 heavy (non-hydrogen) atoms. The first-order chi connectivity index (χ1) is 10.5. The summed E-state index contributed by atoms with van der Waals surface area (Å²) in [6, 6.07) is 12.8. The van der Waals surface area contributed by atoms with Crippen molar-refractivity contribution in [2.45, 2.75) is 19.8 Å². The van der Waals surface area contributed by atoms with Crippen LogP contribution in [0.15, 0.2) is 42.5 Å². The van der Waals surface area contributed by atoms with Crippen LogP contribution in [0.4, 0.5) is 5.69 Å². The third kappa shape index (κ3) is 4.39. The lowest BCUT2D eigenvalue weighted by Gasteiger charge is -2.11. The zero-order valence-electron chi connectivity index (χ0n) is 12.4. The summed E-state index contributed by atoms with van der Waals surface area (Å²) in [6.07, 6.45) is 0. The van der Waals surface area contributed by atoms with Gasteiger partial charge in [0.05, 0.1) is 15.7 Å². The molecule has 0 saturated carbocycles. The highest BCUT2D eigenvalue weighted by molar-refractivity contribution is 6.43. The number of amides is 1. The smallest absolute Gasteiger partial charge is 0.262 e. The maximum Gasteiger partial charge on any atom is 0.262 e. The van der Waals surface area contributed by atoms with Crippen molar-refractivity contribution in [1.82, 2.24) is 0 Å². The zero-order valence-corrected chi connectivity index (χ0v) is 13.9. The molecule has 1 amide bonds. The van der Waals surface area contributed by atoms with Crippen molar-refractivity contribution in [3.63, 3.8) is 0 Å². The predicted octanol–water partition coefficient (Wildman–Crippen LogP) is 5.13. The van der Waals surface area contributed by atoms with Gasteiger partial charge in [0.1, 0.15) is 5.75 Å². The first kappa shape index (κ1) is 16.7. The van der Waals surface area contributed by atoms with Crippen LogP contribution in [-0.2, 0) is 4.79 Å². The first-order valence-electron chi connectivity index (χ1n) is 6.94. The summed E-state index contributed by atoms with van der Waals surface area (Å²) in [7, 11) is 0. The Labute approximate surface area is 140 Å². The van der Waals surface area contributed by atoms with E-state index in [1.807, 2.05) is 24.3 Å². The lowest BCUT2D eigenvalue weighted by Crippen LogP contribution is -2.20. The van der Waals surface area contributed by atoms with Gasteiger partial charge < -0.3 is 10.1 Å². The van der Waals surface area contributed by atoms with Gasteiger partial charge in [0.2, 0.25) is 0 Å². The summed E-state index contributed by atoms with van der Waals surface area (Å²) in [5.41, 5.74) is 1.63. The molecule has 0 spiro atoms. The van der Waals surface area contributed by atoms with Crippen LogP contribution in [0.25, 0.3) is 0 Å². The molecule has 0 fully saturated rings. The second-order valence-electron chi connectivity index (χ2n) is 5.17. The van der Waals surface area contributed by atoms with Crippen LogP contribution in [0.2, 0.25) is 10.0 Å². The summed E-state index contributed by atoms with van der Waals surface area (Å²) in [4.78, 5) is 11.9. The number of hydrogen-bond acceptors (Lipinski definition) is 2. The highest BCUT2D eigenvalue weighted by Crippen LogP contribution is 2.29. The average Bonchev–Trinajstić information content (AvgIpc) is 2.50. The molecular weight excluding hydrogens is 321 g/mol. The molecular formula is C17H17Cl2NO2. The maximum atomic E-state index is 11.9. The Bertz CT molecular complexity index is 671. The second kappa shape index (κ2) is 7.52. The Morgan fingerprint density at radius 1 is 1.18 bits per heavy atom. The zero-order chi connectivity index (χ0) is 16.1. The number of hydrogen-bond donors (Lipinski definition) is 1. The Morgan fingerprint density at radius 2 is 1.91 bits per heavy atom. The van der Waals surface area contributed by atoms with Gasteiger partial charge in [-0.05, 0) is 35.7 Å². The minimum Gasteiger partial charge on any atom is -0.484 e. The third-order valence-electron chi connectivity index (χ3n) is 3.12. The van der Waals surface area contributed by atoms with E-state index in [2.05, 4.69) is 19.2 Å². The summed E-state index contributed by atoms with van der Waals surface area (Å²) in [5, 5.41) is 3.39. The topological polar surface area (TPSA) is 38.3 Å². The molecule has 2 aromatic carbocycles. The van der Waals surface area contributed by atoms with Gasteiger partial charge in [-0.25, -0.2) is 0 Å². The standard InChI is InChI=1S/C17H17Cl2NO2/c1-11(2)12-5-3-6-13(9-12)22-10-16(21)20-15-8-4-7-14(18)17(15)19/h3-9,11H,10H2,1-2H3,(H,20,21). The summed E-state index contributed by atoms with van der Waals surface area (Å²) < 4.78 is 5.51. The molecule has 3 nitrogen and oxygen atoms in total. The van der Waals surface area contributed by atoms with E-state index in [-0.39, 0.29) is 12.5 Å². The van der Waals surface area contributed by atoms with Crippen molar-refractivity contribution in [1.29, 1.82) is 0 Å². The number of ether oxygens (including phenoxy) is 1. The molecule has 0 radical (unpaired) electrons. The van der Waals surface area contributed by atoms with Gasteiger partial charge in [-0.1, -0.05) is 55.2 Å². The molecule has 116 valence electrons. The molecule has 0 atom stereocenters. The molecule has 2 rings (SSSR count). The predicted molar refractivity (Wildman–Crippen MR) is 91.1 cm³/mol. The molecule has 0 aliphatic rings. The Hall–Kier alpha value is -1.71. The molecule has 0 unspecified atom stereocenters. The van der Waals surface area contributed by atoms with Crippen molar-refractivity contribution in [2.75, 3.05) is 11.9 Å². The van der Waals surface area contributed by atoms with Crippen LogP contribution >= 0.6 is 23.2 Å². The van der Waals surface area contributed by atoms with Crippen LogP contribution in [-0.4, -0.2) is 12.5 Å². The highest BCUT2D eigenvalue weighted by Gasteiger charge is 2.09. The van der Waals surface area contributed by atoms with Crippen molar-refractivity contribution >= 4 is 34.8 Å². The van der Waals surface area contributed by atoms with Crippen molar-refractivity contribution in [3.05, 3.63) is 58.1 Å². The minimum atomic E-state index is -0.292. The molecule has 0 heterocycles. The van der Waals surface area contributed by atoms with E-state index in [9.17, 15) is 4.79 Å². The van der Waals surface area contributed by atoms with E-state index in [0.717, 1.165) is 5.56 Å². The van der Waals surface area contributed by atoms with E-state index < -0.39 is 0 Å². The van der Waals surface area contributed by atoms with Crippen LogP contribution < -0.4 is 10.1 Å². The third-order valence-corrected chi connectivity index (χ3v) is 3.94. The number of carbonyl (C=O) groups excluding carboxylic acids is 1. The number of rotatable bonds is 5. The van der Waals surface area contributed by atoms with Gasteiger partial charge in [-0.15, -0.1) is 0 Å². The SMILES string of the molecule is CC(C)c1cccc(OCC(=O)Nc2cccc(Cl)c2Cl)c1. The maximum absolute atomic E-state index is 11.9. The molecule has 0 saturated heterocycles. The van der Waals surface area contributed by atoms with Crippen LogP contribution in [0.5, 0.6) is 5.75 Å². The van der Waals surface area contributed by atoms with Gasteiger partial charge in [0.15, 0.2) is 6.61 Å². The van der Waals surface area contributed by atoms with Crippen LogP contribution in [0, 0.1) is 0 Å². The van der Waals surface area contributed by atoms with Crippen LogP contribution in [0.1, 0.15) is 25.3 Å². The van der Waals surface area contributed by atoms with Gasteiger partial charge >= 0.3 is 0 Å². The Balaban J connectivity index is 1.96. The van der Waals surface area contributed by atoms with Gasteiger partial charge in [-0.3, -0.25) is 4.79 Å². The fourth-order valence-electron chi connectivity index (χ4n) is 1.90. The second-order valence-corrected chi connectivity index (χ2v) is 5.95. The number of nitrogens with one attached hydrogen (secondary N) is 1. The van der Waals surface area contributed by atoms with Gasteiger partial charge in [0.25, 0.3) is 5.91 Å². The van der Waals surface area contributed by atoms with E-state index >= 15 is 0 Å². The van der Waals surface area contributed by atoms with Crippen LogP contribution in [0.3, 0.4) is 0 Å². The average molecular weight is 338 g/mol. The van der Waals surface area contributed by atoms with Gasteiger partial charge in [0, 0.05) is 0 Å². The van der Waals surface area contributed by atoms with Gasteiger partial charge in [-0.2, -0.15) is 0 Å². The first-order valence-corrected chi connectivity index (χ1v) is 7.69. The molecule has 2 aromatic rings. The lowest BCUT2D eigenvalue weighted by molar-refractivity contribution is -0.118. The van der Waals surface area contributed by atoms with E-state index in [0.29, 0.717) is 27.4 Å². The number of halogens is 2. The fraction of sp³-hybridized carbons (Fsp3) is 0.235. The van der Waals surface area contributed by atoms with E-state index in [4.69, 9.17) is 27.9 Å². The largest absolute Gasteiger partial charge is 0.484 e. The summed E-state index contributed by atoms with van der Waals surface area (Å²) >= 11 is 11.9. The Morgan fingerprint density at radius 3 is 2.64 bits per heavy atom. The number of benzene rings is 2. The monoisotopic (exact) mass is 337 g/mol. The lowest BCUT2D eigenvalue weighted by atomic mass is 10.0. The highest BCUT2D eigenvalue weighted by atomic mass is 35.5. The quantitative estimate of drug-likeness (QED) is 0.820. The number of anilines is 1. The normalized spacial score (nSPS) is 10.6. The number of carbonyl (C=O) groups is 1. The fourth-order valence-corrected chi connectivity index (χ4v) is 2.25. The molecule has 0 bridgehead atoms. The van der Waals surface area contributed by atoms with Crippen molar-refractivity contribution in [2.24, 2.45) is 0 Å². The minimum absolute atomic E-state index is 0.0929. The summed E-state index contributed by atoms with van der Waals surface area (Å²) in [6.45, 7) is 4.12. The molecule has 0 aliphatic heterocycles. The summed E-state index contributed by atoms with van der Waals surface area (Å²) in [5.74, 6) is 0.778. The van der Waals surface area contributed by atoms with Crippen molar-refractivity contribution < 1.29 is 9.53 Å². The molecule has 1 N–H and O–H groups in total. The van der Waals surface area contributed by atoms with Crippen molar-refractivity contribution in [3.8, 4) is 5.75 Å². The van der Waals surface area contributed by atoms with E-state index in [1.54, 1.807) is 18.2 Å². The van der Waals surface area contributed by atoms with E-state index in [1.165, 1.54) is 0 Å². The molecule has 0 aliphatic carbocycles. The molecule has 0 aromatic heterocycles. The molecule has 5 heteroatoms. The Kier molecular flexibility index (Phi) is 5.69.